The molecule has 0 bridgehead atoms. The lowest BCUT2D eigenvalue weighted by Gasteiger charge is -2.03. The molecule has 0 aliphatic rings. The molecule has 78 valence electrons. The molecular formula is C8H8ClN5O. The summed E-state index contributed by atoms with van der Waals surface area (Å²) in [6.45, 7) is 0.465. The second-order valence-corrected chi connectivity index (χ2v) is 3.15. The van der Waals surface area contributed by atoms with Crippen LogP contribution in [0.5, 0.6) is 0 Å². The number of aromatic nitrogens is 3. The molecule has 2 rings (SSSR count). The topological polar surface area (TPSA) is 89.9 Å². The minimum Gasteiger partial charge on any atom is -0.368 e. The molecule has 0 aromatic carbocycles. The van der Waals surface area contributed by atoms with Crippen molar-refractivity contribution in [3.05, 3.63) is 29.2 Å². The number of anilines is 2. The fourth-order valence-electron chi connectivity index (χ4n) is 1.04. The fraction of sp³-hybridized carbons (Fsp3) is 0.125. The largest absolute Gasteiger partial charge is 0.368 e. The zero-order valence-electron chi connectivity index (χ0n) is 7.64. The van der Waals surface area contributed by atoms with E-state index in [9.17, 15) is 0 Å². The summed E-state index contributed by atoms with van der Waals surface area (Å²) in [5.74, 6) is 1.37. The van der Waals surface area contributed by atoms with Crippen LogP contribution in [0.3, 0.4) is 0 Å². The molecule has 0 spiro atoms. The standard InChI is InChI=1S/C8H8ClN5O/c9-6-3-7(14-8(10)13-6)11-4-5-1-2-12-15-5/h1-3H,4H2,(H3,10,11,13,14). The second kappa shape index (κ2) is 4.14. The quantitative estimate of drug-likeness (QED) is 0.766. The first-order valence-corrected chi connectivity index (χ1v) is 4.55. The number of hydrogen-bond donors (Lipinski definition) is 2. The summed E-state index contributed by atoms with van der Waals surface area (Å²) < 4.78 is 4.90. The maximum absolute atomic E-state index is 5.70. The Kier molecular flexibility index (Phi) is 2.68. The highest BCUT2D eigenvalue weighted by atomic mass is 35.5. The van der Waals surface area contributed by atoms with Crippen molar-refractivity contribution in [2.45, 2.75) is 6.54 Å². The molecule has 0 amide bonds. The molecule has 7 heteroatoms. The van der Waals surface area contributed by atoms with Gasteiger partial charge in [-0.2, -0.15) is 4.98 Å². The smallest absolute Gasteiger partial charge is 0.223 e. The third-order valence-corrected chi connectivity index (χ3v) is 1.84. The van der Waals surface area contributed by atoms with Gasteiger partial charge in [-0.25, -0.2) is 4.98 Å². The van der Waals surface area contributed by atoms with Crippen molar-refractivity contribution in [3.8, 4) is 0 Å². The van der Waals surface area contributed by atoms with Crippen molar-refractivity contribution >= 4 is 23.4 Å². The zero-order chi connectivity index (χ0) is 10.7. The molecule has 15 heavy (non-hydrogen) atoms. The summed E-state index contributed by atoms with van der Waals surface area (Å²) in [5.41, 5.74) is 5.43. The Hall–Kier alpha value is -1.82. The Balaban J connectivity index is 2.05. The first-order chi connectivity index (χ1) is 7.24. The maximum Gasteiger partial charge on any atom is 0.223 e. The van der Waals surface area contributed by atoms with Crippen LogP contribution >= 0.6 is 11.6 Å². The van der Waals surface area contributed by atoms with Crippen LogP contribution in [0.1, 0.15) is 5.76 Å². The van der Waals surface area contributed by atoms with Gasteiger partial charge in [0.1, 0.15) is 11.0 Å². The van der Waals surface area contributed by atoms with Gasteiger partial charge in [0.2, 0.25) is 5.95 Å². The van der Waals surface area contributed by atoms with Crippen molar-refractivity contribution in [1.82, 2.24) is 15.1 Å². The van der Waals surface area contributed by atoms with Crippen LogP contribution in [0.4, 0.5) is 11.8 Å². The minimum atomic E-state index is 0.127. The van der Waals surface area contributed by atoms with Gasteiger partial charge in [-0.3, -0.25) is 0 Å². The monoisotopic (exact) mass is 225 g/mol. The lowest BCUT2D eigenvalue weighted by molar-refractivity contribution is 0.388. The number of hydrogen-bond acceptors (Lipinski definition) is 6. The van der Waals surface area contributed by atoms with E-state index in [0.717, 1.165) is 0 Å². The maximum atomic E-state index is 5.70. The van der Waals surface area contributed by atoms with E-state index < -0.39 is 0 Å². The highest BCUT2D eigenvalue weighted by molar-refractivity contribution is 6.29. The lowest BCUT2D eigenvalue weighted by Crippen LogP contribution is -2.03. The Morgan fingerprint density at radius 3 is 3.00 bits per heavy atom. The van der Waals surface area contributed by atoms with Crippen molar-refractivity contribution in [3.63, 3.8) is 0 Å². The molecule has 2 aromatic heterocycles. The van der Waals surface area contributed by atoms with E-state index in [1.807, 2.05) is 0 Å². The van der Waals surface area contributed by atoms with Crippen molar-refractivity contribution < 1.29 is 4.52 Å². The van der Waals surface area contributed by atoms with Gasteiger partial charge in [-0.05, 0) is 0 Å². The van der Waals surface area contributed by atoms with Crippen LogP contribution in [0.15, 0.2) is 22.9 Å². The molecule has 0 aliphatic heterocycles. The normalized spacial score (nSPS) is 10.2. The van der Waals surface area contributed by atoms with Crippen LogP contribution in [0.25, 0.3) is 0 Å². The first-order valence-electron chi connectivity index (χ1n) is 4.17. The molecule has 0 atom stereocenters. The summed E-state index contributed by atoms with van der Waals surface area (Å²) in [4.78, 5) is 7.68. The van der Waals surface area contributed by atoms with Gasteiger partial charge in [0, 0.05) is 12.1 Å². The van der Waals surface area contributed by atoms with E-state index in [0.29, 0.717) is 23.3 Å². The van der Waals surface area contributed by atoms with Crippen LogP contribution in [-0.4, -0.2) is 15.1 Å². The fourth-order valence-corrected chi connectivity index (χ4v) is 1.23. The Labute approximate surface area is 90.5 Å². The summed E-state index contributed by atoms with van der Waals surface area (Å²) in [5, 5.41) is 6.84. The zero-order valence-corrected chi connectivity index (χ0v) is 8.40. The molecule has 2 aromatic rings. The van der Waals surface area contributed by atoms with E-state index in [2.05, 4.69) is 20.4 Å². The second-order valence-electron chi connectivity index (χ2n) is 2.77. The highest BCUT2D eigenvalue weighted by Gasteiger charge is 2.01. The predicted octanol–water partition coefficient (Wildman–Crippen LogP) is 1.31. The molecule has 0 radical (unpaired) electrons. The SMILES string of the molecule is Nc1nc(Cl)cc(NCc2ccno2)n1. The summed E-state index contributed by atoms with van der Waals surface area (Å²) in [7, 11) is 0. The minimum absolute atomic E-state index is 0.127. The van der Waals surface area contributed by atoms with Gasteiger partial charge in [0.15, 0.2) is 5.76 Å². The van der Waals surface area contributed by atoms with Crippen molar-refractivity contribution in [2.24, 2.45) is 0 Å². The highest BCUT2D eigenvalue weighted by Crippen LogP contribution is 2.13. The number of nitrogens with zero attached hydrogens (tertiary/aromatic N) is 3. The molecule has 3 N–H and O–H groups in total. The average Bonchev–Trinajstić information content (AvgIpc) is 2.65. The predicted molar refractivity (Wildman–Crippen MR) is 55.3 cm³/mol. The van der Waals surface area contributed by atoms with Gasteiger partial charge >= 0.3 is 0 Å². The molecule has 0 saturated carbocycles. The summed E-state index contributed by atoms with van der Waals surface area (Å²) in [6, 6.07) is 3.33. The molecule has 2 heterocycles. The molecular weight excluding hydrogens is 218 g/mol. The average molecular weight is 226 g/mol. The van der Waals surface area contributed by atoms with Crippen molar-refractivity contribution in [1.29, 1.82) is 0 Å². The molecule has 0 fully saturated rings. The van der Waals surface area contributed by atoms with Gasteiger partial charge in [-0.15, -0.1) is 0 Å². The summed E-state index contributed by atoms with van der Waals surface area (Å²) in [6.07, 6.45) is 1.57. The number of rotatable bonds is 3. The molecule has 0 unspecified atom stereocenters. The number of halogens is 1. The third-order valence-electron chi connectivity index (χ3n) is 1.65. The van der Waals surface area contributed by atoms with Crippen LogP contribution in [-0.2, 0) is 6.54 Å². The first kappa shape index (κ1) is 9.72. The van der Waals surface area contributed by atoms with Gasteiger partial charge in [0.25, 0.3) is 0 Å². The third kappa shape index (κ3) is 2.57. The van der Waals surface area contributed by atoms with Gasteiger partial charge in [-0.1, -0.05) is 16.8 Å². The van der Waals surface area contributed by atoms with E-state index in [1.165, 1.54) is 0 Å². The van der Waals surface area contributed by atoms with Crippen molar-refractivity contribution in [2.75, 3.05) is 11.1 Å². The van der Waals surface area contributed by atoms with Crippen LogP contribution in [0, 0.1) is 0 Å². The Morgan fingerprint density at radius 1 is 1.47 bits per heavy atom. The van der Waals surface area contributed by atoms with Crippen LogP contribution in [0.2, 0.25) is 5.15 Å². The van der Waals surface area contributed by atoms with E-state index in [4.69, 9.17) is 21.9 Å². The Bertz CT molecular complexity index is 424. The Morgan fingerprint density at radius 2 is 2.33 bits per heavy atom. The van der Waals surface area contributed by atoms with E-state index >= 15 is 0 Å². The molecule has 0 saturated heterocycles. The van der Waals surface area contributed by atoms with Gasteiger partial charge in [0.05, 0.1) is 12.7 Å². The van der Waals surface area contributed by atoms with E-state index in [1.54, 1.807) is 18.3 Å². The summed E-state index contributed by atoms with van der Waals surface area (Å²) >= 11 is 5.70. The molecule has 0 aliphatic carbocycles. The number of nitrogens with one attached hydrogen (secondary N) is 1. The van der Waals surface area contributed by atoms with Crippen LogP contribution < -0.4 is 11.1 Å². The lowest BCUT2D eigenvalue weighted by atomic mass is 10.4. The number of nitrogens with two attached hydrogens (primary N) is 1. The molecule has 6 nitrogen and oxygen atoms in total. The van der Waals surface area contributed by atoms with Gasteiger partial charge < -0.3 is 15.6 Å². The van der Waals surface area contributed by atoms with E-state index in [-0.39, 0.29) is 5.95 Å². The number of nitrogen functional groups attached to an aromatic ring is 1.